The van der Waals surface area contributed by atoms with Crippen LogP contribution >= 0.6 is 0 Å². The van der Waals surface area contributed by atoms with Crippen LogP contribution in [-0.4, -0.2) is 9.97 Å². The molecule has 3 rings (SSSR count). The summed E-state index contributed by atoms with van der Waals surface area (Å²) in [7, 11) is 0. The van der Waals surface area contributed by atoms with E-state index in [1.54, 1.807) is 18.3 Å². The van der Waals surface area contributed by atoms with Gasteiger partial charge in [0.1, 0.15) is 11.8 Å². The Morgan fingerprint density at radius 3 is 3.00 bits per heavy atom. The molecule has 0 saturated heterocycles. The third-order valence-electron chi connectivity index (χ3n) is 2.21. The van der Waals surface area contributed by atoms with Gasteiger partial charge in [0.05, 0.1) is 11.7 Å². The molecule has 72 valence electrons. The Kier molecular flexibility index (Phi) is 1.56. The van der Waals surface area contributed by atoms with Crippen LogP contribution in [0.4, 0.5) is 0 Å². The average Bonchev–Trinajstić information content (AvgIpc) is 2.26. The molecule has 0 spiro atoms. The van der Waals surface area contributed by atoms with E-state index in [9.17, 15) is 4.79 Å². The Bertz CT molecular complexity index is 703. The van der Waals surface area contributed by atoms with Crippen molar-refractivity contribution in [3.05, 3.63) is 47.1 Å². The third-order valence-corrected chi connectivity index (χ3v) is 2.21. The van der Waals surface area contributed by atoms with Crippen LogP contribution < -0.4 is 5.56 Å². The summed E-state index contributed by atoms with van der Waals surface area (Å²) in [5, 5.41) is 0.885. The normalized spacial score (nSPS) is 10.9. The quantitative estimate of drug-likeness (QED) is 0.516. The Hall–Kier alpha value is -2.23. The van der Waals surface area contributed by atoms with Gasteiger partial charge in [-0.3, -0.25) is 4.79 Å². The van der Waals surface area contributed by atoms with E-state index < -0.39 is 0 Å². The zero-order chi connectivity index (χ0) is 10.3. The molecule has 4 nitrogen and oxygen atoms in total. The van der Waals surface area contributed by atoms with Crippen LogP contribution in [0, 0.1) is 0 Å². The monoisotopic (exact) mass is 198 g/mol. The van der Waals surface area contributed by atoms with E-state index in [0.717, 1.165) is 10.9 Å². The predicted octanol–water partition coefficient (Wildman–Crippen LogP) is 1.74. The summed E-state index contributed by atoms with van der Waals surface area (Å²) in [6.07, 6.45) is 3.08. The zero-order valence-electron chi connectivity index (χ0n) is 7.68. The lowest BCUT2D eigenvalue weighted by Crippen LogP contribution is -2.02. The molecule has 0 atom stereocenters. The van der Waals surface area contributed by atoms with E-state index in [4.69, 9.17) is 4.42 Å². The maximum absolute atomic E-state index is 11.1. The molecule has 0 radical (unpaired) electrons. The molecule has 0 aliphatic carbocycles. The fourth-order valence-corrected chi connectivity index (χ4v) is 1.53. The Morgan fingerprint density at radius 1 is 1.13 bits per heavy atom. The number of hydrogen-bond acceptors (Lipinski definition) is 4. The van der Waals surface area contributed by atoms with Gasteiger partial charge in [-0.15, -0.1) is 0 Å². The smallest absolute Gasteiger partial charge is 0.270 e. The van der Waals surface area contributed by atoms with E-state index in [1.807, 2.05) is 6.07 Å². The molecule has 0 bridgehead atoms. The molecular weight excluding hydrogens is 192 g/mol. The molecule has 1 aromatic carbocycles. The maximum atomic E-state index is 11.1. The summed E-state index contributed by atoms with van der Waals surface area (Å²) in [4.78, 5) is 19.1. The summed E-state index contributed by atoms with van der Waals surface area (Å²) >= 11 is 0. The highest BCUT2D eigenvalue weighted by Crippen LogP contribution is 2.17. The van der Waals surface area contributed by atoms with E-state index >= 15 is 0 Å². The number of benzene rings is 1. The van der Waals surface area contributed by atoms with Crippen molar-refractivity contribution in [1.29, 1.82) is 0 Å². The molecule has 0 unspecified atom stereocenters. The second-order valence-corrected chi connectivity index (χ2v) is 3.19. The van der Waals surface area contributed by atoms with Crippen molar-refractivity contribution >= 4 is 22.0 Å². The minimum atomic E-state index is -0.245. The van der Waals surface area contributed by atoms with Gasteiger partial charge in [0, 0.05) is 17.5 Å². The Balaban J connectivity index is 2.53. The number of rotatable bonds is 0. The summed E-state index contributed by atoms with van der Waals surface area (Å²) in [5.41, 5.74) is 1.77. The number of fused-ring (bicyclic) bond motifs is 2. The minimum absolute atomic E-state index is 0.245. The van der Waals surface area contributed by atoms with Gasteiger partial charge in [-0.25, -0.2) is 9.97 Å². The first-order chi connectivity index (χ1) is 7.33. The first-order valence-electron chi connectivity index (χ1n) is 4.47. The summed E-state index contributed by atoms with van der Waals surface area (Å²) in [5.74, 6) is 0. The number of hydrogen-bond donors (Lipinski definition) is 0. The minimum Gasteiger partial charge on any atom is -0.461 e. The largest absolute Gasteiger partial charge is 0.461 e. The molecule has 0 aliphatic heterocycles. The maximum Gasteiger partial charge on any atom is 0.270 e. The van der Waals surface area contributed by atoms with Gasteiger partial charge in [0.2, 0.25) is 0 Å². The van der Waals surface area contributed by atoms with E-state index in [-0.39, 0.29) is 5.56 Å². The lowest BCUT2D eigenvalue weighted by Gasteiger charge is -1.98. The molecule has 0 fully saturated rings. The van der Waals surface area contributed by atoms with Gasteiger partial charge in [0.15, 0.2) is 5.58 Å². The second kappa shape index (κ2) is 2.88. The van der Waals surface area contributed by atoms with Crippen LogP contribution in [0.25, 0.3) is 22.0 Å². The van der Waals surface area contributed by atoms with Gasteiger partial charge in [-0.1, -0.05) is 0 Å². The second-order valence-electron chi connectivity index (χ2n) is 3.19. The van der Waals surface area contributed by atoms with Crippen molar-refractivity contribution < 1.29 is 4.42 Å². The molecule has 0 amide bonds. The fourth-order valence-electron chi connectivity index (χ4n) is 1.53. The first kappa shape index (κ1) is 8.11. The number of pyridine rings is 1. The van der Waals surface area contributed by atoms with Gasteiger partial charge in [0.25, 0.3) is 5.56 Å². The molecule has 0 saturated carbocycles. The molecule has 15 heavy (non-hydrogen) atoms. The van der Waals surface area contributed by atoms with Crippen molar-refractivity contribution in [1.82, 2.24) is 9.97 Å². The van der Waals surface area contributed by atoms with Crippen molar-refractivity contribution in [2.45, 2.75) is 0 Å². The van der Waals surface area contributed by atoms with E-state index in [0.29, 0.717) is 11.1 Å². The van der Waals surface area contributed by atoms with Crippen LogP contribution in [-0.2, 0) is 0 Å². The van der Waals surface area contributed by atoms with E-state index in [1.165, 1.54) is 12.3 Å². The summed E-state index contributed by atoms with van der Waals surface area (Å²) in [6.45, 7) is 0. The standard InChI is InChI=1S/C11H6N2O2/c14-11-2-1-7-5-9-10(6-8(7)13-11)15-4-3-12-9/h1-6H. The van der Waals surface area contributed by atoms with E-state index in [2.05, 4.69) is 9.97 Å². The van der Waals surface area contributed by atoms with Crippen molar-refractivity contribution in [2.24, 2.45) is 0 Å². The molecule has 2 heterocycles. The van der Waals surface area contributed by atoms with Crippen LogP contribution in [0.2, 0.25) is 0 Å². The Labute approximate surface area is 84.2 Å². The predicted molar refractivity (Wildman–Crippen MR) is 55.6 cm³/mol. The summed E-state index contributed by atoms with van der Waals surface area (Å²) in [6, 6.07) is 6.74. The van der Waals surface area contributed by atoms with Crippen molar-refractivity contribution in [3.8, 4) is 0 Å². The zero-order valence-corrected chi connectivity index (χ0v) is 7.68. The van der Waals surface area contributed by atoms with Crippen LogP contribution in [0.15, 0.2) is 45.9 Å². The van der Waals surface area contributed by atoms with Gasteiger partial charge in [-0.2, -0.15) is 0 Å². The van der Waals surface area contributed by atoms with Gasteiger partial charge < -0.3 is 4.42 Å². The molecule has 2 aromatic heterocycles. The lowest BCUT2D eigenvalue weighted by molar-refractivity contribution is 0.598. The first-order valence-corrected chi connectivity index (χ1v) is 4.47. The lowest BCUT2D eigenvalue weighted by atomic mass is 10.2. The molecule has 0 aliphatic rings. The Morgan fingerprint density at radius 2 is 2.07 bits per heavy atom. The van der Waals surface area contributed by atoms with Crippen LogP contribution in [0.5, 0.6) is 0 Å². The topological polar surface area (TPSA) is 56.0 Å². The highest BCUT2D eigenvalue weighted by molar-refractivity contribution is 5.91. The molecule has 0 N–H and O–H groups in total. The van der Waals surface area contributed by atoms with Gasteiger partial charge in [-0.05, 0) is 12.1 Å². The number of aromatic nitrogens is 2. The molecule has 3 aromatic rings. The molecule has 4 heteroatoms. The number of nitrogens with zero attached hydrogens (tertiary/aromatic N) is 2. The SMILES string of the molecule is O=c1ccc2cc3nccoc3cc2n1. The van der Waals surface area contributed by atoms with Crippen molar-refractivity contribution in [3.63, 3.8) is 0 Å². The average molecular weight is 198 g/mol. The van der Waals surface area contributed by atoms with Crippen LogP contribution in [0.3, 0.4) is 0 Å². The highest BCUT2D eigenvalue weighted by Gasteiger charge is 2.01. The highest BCUT2D eigenvalue weighted by atomic mass is 16.3. The van der Waals surface area contributed by atoms with Crippen LogP contribution in [0.1, 0.15) is 0 Å². The van der Waals surface area contributed by atoms with Crippen molar-refractivity contribution in [2.75, 3.05) is 0 Å². The summed E-state index contributed by atoms with van der Waals surface area (Å²) < 4.78 is 5.26. The van der Waals surface area contributed by atoms with Gasteiger partial charge >= 0.3 is 0 Å². The fraction of sp³-hybridized carbons (Fsp3) is 0. The molecular formula is C11H6N2O2. The third kappa shape index (κ3) is 1.27.